The van der Waals surface area contributed by atoms with Gasteiger partial charge in [-0.1, -0.05) is 0 Å². The number of aryl methyl sites for hydroxylation is 1. The summed E-state index contributed by atoms with van der Waals surface area (Å²) in [5.74, 6) is 0.0203. The van der Waals surface area contributed by atoms with Gasteiger partial charge in [0.15, 0.2) is 5.78 Å². The van der Waals surface area contributed by atoms with Crippen LogP contribution < -0.4 is 0 Å². The van der Waals surface area contributed by atoms with Crippen molar-refractivity contribution < 1.29 is 9.59 Å². The zero-order valence-electron chi connectivity index (χ0n) is 13.6. The number of hydrogen-bond donors (Lipinski definition) is 1. The van der Waals surface area contributed by atoms with Gasteiger partial charge in [0, 0.05) is 30.4 Å². The molecule has 1 aromatic rings. The summed E-state index contributed by atoms with van der Waals surface area (Å²) in [6.07, 6.45) is 1.99. The lowest BCUT2D eigenvalue weighted by molar-refractivity contribution is 0.0657. The Labute approximate surface area is 126 Å². The number of aromatic nitrogens is 1. The van der Waals surface area contributed by atoms with Gasteiger partial charge in [0.1, 0.15) is 5.69 Å². The van der Waals surface area contributed by atoms with Gasteiger partial charge < -0.3 is 14.8 Å². The Bertz CT molecular complexity index is 552. The van der Waals surface area contributed by atoms with E-state index in [0.29, 0.717) is 17.3 Å². The van der Waals surface area contributed by atoms with Crippen LogP contribution in [0.5, 0.6) is 0 Å². The van der Waals surface area contributed by atoms with Crippen LogP contribution in [0.15, 0.2) is 0 Å². The Hall–Kier alpha value is -1.62. The van der Waals surface area contributed by atoms with Gasteiger partial charge in [-0.05, 0) is 53.3 Å². The first-order valence-electron chi connectivity index (χ1n) is 7.48. The third-order valence-electron chi connectivity index (χ3n) is 4.49. The molecule has 2 heterocycles. The molecule has 1 amide bonds. The number of carbonyl (C=O) groups is 2. The zero-order valence-corrected chi connectivity index (χ0v) is 13.6. The van der Waals surface area contributed by atoms with E-state index in [0.717, 1.165) is 37.2 Å². The molecule has 0 radical (unpaired) electrons. The van der Waals surface area contributed by atoms with Gasteiger partial charge in [-0.3, -0.25) is 9.59 Å². The van der Waals surface area contributed by atoms with Crippen molar-refractivity contribution in [2.24, 2.45) is 0 Å². The summed E-state index contributed by atoms with van der Waals surface area (Å²) in [7, 11) is 4.17. The first-order chi connectivity index (χ1) is 9.82. The molecular weight excluding hydrogens is 266 g/mol. The van der Waals surface area contributed by atoms with Crippen molar-refractivity contribution in [1.29, 1.82) is 0 Å². The summed E-state index contributed by atoms with van der Waals surface area (Å²) >= 11 is 0. The Kier molecular flexibility index (Phi) is 4.52. The molecule has 2 rings (SSSR count). The number of carbonyl (C=O) groups excluding carboxylic acids is 2. The maximum absolute atomic E-state index is 12.7. The van der Waals surface area contributed by atoms with Gasteiger partial charge in [-0.15, -0.1) is 0 Å². The molecule has 0 spiro atoms. The van der Waals surface area contributed by atoms with Crippen molar-refractivity contribution in [1.82, 2.24) is 14.8 Å². The average Bonchev–Trinajstić information content (AvgIpc) is 2.73. The highest BCUT2D eigenvalue weighted by atomic mass is 16.2. The number of nitrogens with one attached hydrogen (secondary N) is 1. The number of likely N-dealkylation sites (tertiary alicyclic amines) is 1. The standard InChI is InChI=1S/C16H25N3O2/c1-10-14(12(3)20)11(2)17-15(10)16(21)19-8-6-13(7-9-19)18(4)5/h13,17H,6-9H2,1-5H3. The van der Waals surface area contributed by atoms with Crippen LogP contribution in [0.4, 0.5) is 0 Å². The lowest BCUT2D eigenvalue weighted by Crippen LogP contribution is -2.44. The molecular formula is C16H25N3O2. The first kappa shape index (κ1) is 15.8. The van der Waals surface area contributed by atoms with Gasteiger partial charge in [-0.25, -0.2) is 0 Å². The quantitative estimate of drug-likeness (QED) is 0.867. The molecule has 0 aliphatic carbocycles. The van der Waals surface area contributed by atoms with Gasteiger partial charge in [-0.2, -0.15) is 0 Å². The second kappa shape index (κ2) is 6.02. The van der Waals surface area contributed by atoms with Gasteiger partial charge in [0.2, 0.25) is 0 Å². The predicted octanol–water partition coefficient (Wildman–Crippen LogP) is 2.00. The molecule has 1 aliphatic heterocycles. The van der Waals surface area contributed by atoms with Crippen molar-refractivity contribution in [3.05, 3.63) is 22.5 Å². The topological polar surface area (TPSA) is 56.4 Å². The number of ketones is 1. The number of aromatic amines is 1. The number of hydrogen-bond acceptors (Lipinski definition) is 3. The van der Waals surface area contributed by atoms with E-state index in [4.69, 9.17) is 0 Å². The minimum absolute atomic E-state index is 0.00613. The summed E-state index contributed by atoms with van der Waals surface area (Å²) in [6.45, 7) is 6.78. The molecule has 0 aromatic carbocycles. The highest BCUT2D eigenvalue weighted by Gasteiger charge is 2.28. The first-order valence-corrected chi connectivity index (χ1v) is 7.48. The Morgan fingerprint density at radius 1 is 1.19 bits per heavy atom. The number of piperidine rings is 1. The SMILES string of the molecule is CC(=O)c1c(C)[nH]c(C(=O)N2CCC(N(C)C)CC2)c1C. The minimum atomic E-state index is 0.00613. The van der Waals surface area contributed by atoms with E-state index in [1.807, 2.05) is 18.7 Å². The van der Waals surface area contributed by atoms with E-state index < -0.39 is 0 Å². The maximum Gasteiger partial charge on any atom is 0.270 e. The monoisotopic (exact) mass is 291 g/mol. The van der Waals surface area contributed by atoms with E-state index in [2.05, 4.69) is 24.0 Å². The fourth-order valence-corrected chi connectivity index (χ4v) is 3.24. The van der Waals surface area contributed by atoms with Crippen LogP contribution >= 0.6 is 0 Å². The second-order valence-corrected chi connectivity index (χ2v) is 6.17. The van der Waals surface area contributed by atoms with E-state index in [9.17, 15) is 9.59 Å². The largest absolute Gasteiger partial charge is 0.354 e. The van der Waals surface area contributed by atoms with Crippen LogP contribution in [0.1, 0.15) is 51.9 Å². The van der Waals surface area contributed by atoms with Crippen LogP contribution in [0.25, 0.3) is 0 Å². The molecule has 1 fully saturated rings. The number of nitrogens with zero attached hydrogens (tertiary/aromatic N) is 2. The van der Waals surface area contributed by atoms with Crippen molar-refractivity contribution in [3.63, 3.8) is 0 Å². The molecule has 5 nitrogen and oxygen atoms in total. The third-order valence-corrected chi connectivity index (χ3v) is 4.49. The van der Waals surface area contributed by atoms with E-state index >= 15 is 0 Å². The molecule has 0 atom stereocenters. The Balaban J connectivity index is 2.15. The molecule has 5 heteroatoms. The molecule has 1 aromatic heterocycles. The van der Waals surface area contributed by atoms with Gasteiger partial charge >= 0.3 is 0 Å². The van der Waals surface area contributed by atoms with E-state index in [1.54, 1.807) is 6.92 Å². The van der Waals surface area contributed by atoms with Crippen LogP contribution in [-0.4, -0.2) is 59.7 Å². The maximum atomic E-state index is 12.7. The van der Waals surface area contributed by atoms with Crippen LogP contribution in [0.2, 0.25) is 0 Å². The molecule has 0 saturated carbocycles. The molecule has 1 aliphatic rings. The van der Waals surface area contributed by atoms with Gasteiger partial charge in [0.05, 0.1) is 0 Å². The van der Waals surface area contributed by atoms with Crippen molar-refractivity contribution in [2.75, 3.05) is 27.2 Å². The fraction of sp³-hybridized carbons (Fsp3) is 0.625. The smallest absolute Gasteiger partial charge is 0.270 e. The summed E-state index contributed by atoms with van der Waals surface area (Å²) in [6, 6.07) is 0.549. The Morgan fingerprint density at radius 2 is 1.76 bits per heavy atom. The van der Waals surface area contributed by atoms with E-state index in [1.165, 1.54) is 0 Å². The van der Waals surface area contributed by atoms with Crippen molar-refractivity contribution in [3.8, 4) is 0 Å². The zero-order chi connectivity index (χ0) is 15.7. The third kappa shape index (κ3) is 3.02. The molecule has 116 valence electrons. The normalized spacial score (nSPS) is 16.6. The molecule has 0 bridgehead atoms. The lowest BCUT2D eigenvalue weighted by atomic mass is 10.0. The molecule has 21 heavy (non-hydrogen) atoms. The molecule has 1 saturated heterocycles. The van der Waals surface area contributed by atoms with Crippen LogP contribution in [-0.2, 0) is 0 Å². The van der Waals surface area contributed by atoms with Crippen LogP contribution in [0.3, 0.4) is 0 Å². The number of rotatable bonds is 3. The second-order valence-electron chi connectivity index (χ2n) is 6.17. The summed E-state index contributed by atoms with van der Waals surface area (Å²) in [4.78, 5) is 31.5. The number of Topliss-reactive ketones (excluding diaryl/α,β-unsaturated/α-hetero) is 1. The number of amides is 1. The van der Waals surface area contributed by atoms with Crippen molar-refractivity contribution in [2.45, 2.75) is 39.7 Å². The van der Waals surface area contributed by atoms with Crippen LogP contribution in [0, 0.1) is 13.8 Å². The molecule has 1 N–H and O–H groups in total. The predicted molar refractivity (Wildman–Crippen MR) is 82.9 cm³/mol. The highest BCUT2D eigenvalue weighted by molar-refractivity contribution is 6.02. The summed E-state index contributed by atoms with van der Waals surface area (Å²) < 4.78 is 0. The Morgan fingerprint density at radius 3 is 2.19 bits per heavy atom. The highest BCUT2D eigenvalue weighted by Crippen LogP contribution is 2.22. The van der Waals surface area contributed by atoms with Gasteiger partial charge in [0.25, 0.3) is 5.91 Å². The summed E-state index contributed by atoms with van der Waals surface area (Å²) in [5.41, 5.74) is 2.79. The lowest BCUT2D eigenvalue weighted by Gasteiger charge is -2.35. The fourth-order valence-electron chi connectivity index (χ4n) is 3.24. The average molecular weight is 291 g/mol. The van der Waals surface area contributed by atoms with Crippen molar-refractivity contribution >= 4 is 11.7 Å². The summed E-state index contributed by atoms with van der Waals surface area (Å²) in [5, 5.41) is 0. The minimum Gasteiger partial charge on any atom is -0.354 e. The number of H-pyrrole nitrogens is 1. The van der Waals surface area contributed by atoms with E-state index in [-0.39, 0.29) is 11.7 Å². The molecule has 0 unspecified atom stereocenters.